The van der Waals surface area contributed by atoms with E-state index in [2.05, 4.69) is 10.6 Å². The summed E-state index contributed by atoms with van der Waals surface area (Å²) in [7, 11) is 1.67. The predicted molar refractivity (Wildman–Crippen MR) is 89.6 cm³/mol. The molecular weight excluding hydrogens is 329 g/mol. The van der Waals surface area contributed by atoms with Gasteiger partial charge in [-0.3, -0.25) is 14.4 Å². The van der Waals surface area contributed by atoms with Crippen LogP contribution in [-0.4, -0.2) is 40.0 Å². The van der Waals surface area contributed by atoms with Crippen LogP contribution in [0.3, 0.4) is 0 Å². The van der Waals surface area contributed by atoms with E-state index >= 15 is 0 Å². The van der Waals surface area contributed by atoms with Gasteiger partial charge in [0.1, 0.15) is 24.1 Å². The number of aromatic nitrogens is 1. The standard InChI is InChI=1S/C17H20FN3O4/c1-9(2)15(17(25)19-8-14(22)23)20-16(24)13-7-10-6-11(18)4-5-12(10)21(13)3/h4-7,9,15H,8H2,1-3H3,(H,19,25)(H,20,24)(H,22,23)/t15-/m0/s1. The molecule has 0 aliphatic carbocycles. The monoisotopic (exact) mass is 349 g/mol. The van der Waals surface area contributed by atoms with Gasteiger partial charge in [-0.05, 0) is 30.2 Å². The molecule has 3 N–H and O–H groups in total. The number of amides is 2. The van der Waals surface area contributed by atoms with E-state index < -0.39 is 36.2 Å². The van der Waals surface area contributed by atoms with E-state index in [0.717, 1.165) is 0 Å². The van der Waals surface area contributed by atoms with E-state index in [4.69, 9.17) is 5.11 Å². The van der Waals surface area contributed by atoms with Crippen molar-refractivity contribution in [2.75, 3.05) is 6.54 Å². The van der Waals surface area contributed by atoms with Crippen molar-refractivity contribution >= 4 is 28.7 Å². The van der Waals surface area contributed by atoms with Crippen LogP contribution in [0.4, 0.5) is 4.39 Å². The second-order valence-electron chi connectivity index (χ2n) is 6.10. The van der Waals surface area contributed by atoms with Crippen LogP contribution in [0.15, 0.2) is 24.3 Å². The Labute approximate surface area is 143 Å². The lowest BCUT2D eigenvalue weighted by Crippen LogP contribution is -2.50. The smallest absolute Gasteiger partial charge is 0.322 e. The minimum Gasteiger partial charge on any atom is -0.480 e. The Hall–Kier alpha value is -2.90. The number of fused-ring (bicyclic) bond motifs is 1. The summed E-state index contributed by atoms with van der Waals surface area (Å²) in [4.78, 5) is 35.2. The first-order valence-electron chi connectivity index (χ1n) is 7.76. The number of hydrogen-bond donors (Lipinski definition) is 3. The molecule has 0 saturated carbocycles. The highest BCUT2D eigenvalue weighted by Gasteiger charge is 2.26. The summed E-state index contributed by atoms with van der Waals surface area (Å²) in [5, 5.41) is 14.1. The highest BCUT2D eigenvalue weighted by molar-refractivity contribution is 6.01. The highest BCUT2D eigenvalue weighted by Crippen LogP contribution is 2.20. The maximum Gasteiger partial charge on any atom is 0.322 e. The van der Waals surface area contributed by atoms with Crippen LogP contribution in [0.1, 0.15) is 24.3 Å². The summed E-state index contributed by atoms with van der Waals surface area (Å²) in [6, 6.07) is 4.86. The van der Waals surface area contributed by atoms with Crippen LogP contribution in [0.2, 0.25) is 0 Å². The predicted octanol–water partition coefficient (Wildman–Crippen LogP) is 1.27. The summed E-state index contributed by atoms with van der Waals surface area (Å²) >= 11 is 0. The molecule has 0 fully saturated rings. The number of aliphatic carboxylic acids is 1. The van der Waals surface area contributed by atoms with E-state index in [1.807, 2.05) is 0 Å². The number of rotatable bonds is 6. The molecule has 0 bridgehead atoms. The Morgan fingerprint density at radius 2 is 1.92 bits per heavy atom. The Bertz CT molecular complexity index is 829. The number of nitrogens with zero attached hydrogens (tertiary/aromatic N) is 1. The molecule has 0 aliphatic heterocycles. The lowest BCUT2D eigenvalue weighted by Gasteiger charge is -2.21. The van der Waals surface area contributed by atoms with Crippen LogP contribution in [-0.2, 0) is 16.6 Å². The van der Waals surface area contributed by atoms with Crippen molar-refractivity contribution < 1.29 is 23.9 Å². The van der Waals surface area contributed by atoms with Crippen molar-refractivity contribution in [1.29, 1.82) is 0 Å². The van der Waals surface area contributed by atoms with Crippen LogP contribution in [0, 0.1) is 11.7 Å². The van der Waals surface area contributed by atoms with Gasteiger partial charge in [0.2, 0.25) is 5.91 Å². The molecule has 1 atom stereocenters. The first kappa shape index (κ1) is 18.4. The first-order chi connectivity index (χ1) is 11.7. The van der Waals surface area contributed by atoms with Crippen molar-refractivity contribution in [3.8, 4) is 0 Å². The third-order valence-electron chi connectivity index (χ3n) is 3.89. The number of carboxylic acids is 1. The zero-order valence-electron chi connectivity index (χ0n) is 14.2. The van der Waals surface area contributed by atoms with Crippen molar-refractivity contribution in [2.24, 2.45) is 13.0 Å². The molecule has 2 amide bonds. The average molecular weight is 349 g/mol. The fourth-order valence-electron chi connectivity index (χ4n) is 2.56. The molecule has 0 radical (unpaired) electrons. The number of carbonyl (C=O) groups is 3. The summed E-state index contributed by atoms with van der Waals surface area (Å²) < 4.78 is 14.9. The molecule has 1 aromatic carbocycles. The number of halogens is 1. The third kappa shape index (κ3) is 4.14. The fourth-order valence-corrected chi connectivity index (χ4v) is 2.56. The largest absolute Gasteiger partial charge is 0.480 e. The summed E-state index contributed by atoms with van der Waals surface area (Å²) in [6.45, 7) is 2.95. The van der Waals surface area contributed by atoms with Gasteiger partial charge >= 0.3 is 5.97 Å². The van der Waals surface area contributed by atoms with E-state index in [1.54, 1.807) is 37.6 Å². The van der Waals surface area contributed by atoms with E-state index in [0.29, 0.717) is 10.9 Å². The molecule has 2 rings (SSSR count). The number of hydrogen-bond acceptors (Lipinski definition) is 3. The van der Waals surface area contributed by atoms with E-state index in [9.17, 15) is 18.8 Å². The normalized spacial score (nSPS) is 12.2. The summed E-state index contributed by atoms with van der Waals surface area (Å²) in [5.41, 5.74) is 0.959. The number of benzene rings is 1. The van der Waals surface area contributed by atoms with Gasteiger partial charge in [0.15, 0.2) is 0 Å². The molecule has 2 aromatic rings. The van der Waals surface area contributed by atoms with Gasteiger partial charge in [0.05, 0.1) is 0 Å². The molecule has 8 heteroatoms. The van der Waals surface area contributed by atoms with E-state index in [1.165, 1.54) is 12.1 Å². The van der Waals surface area contributed by atoms with Gasteiger partial charge in [-0.2, -0.15) is 0 Å². The Kier molecular flexibility index (Phi) is 5.41. The zero-order chi connectivity index (χ0) is 18.7. The molecule has 134 valence electrons. The minimum absolute atomic E-state index is 0.245. The second-order valence-corrected chi connectivity index (χ2v) is 6.10. The topological polar surface area (TPSA) is 100 Å². The van der Waals surface area contributed by atoms with Gasteiger partial charge in [-0.15, -0.1) is 0 Å². The van der Waals surface area contributed by atoms with Gasteiger partial charge in [-0.25, -0.2) is 4.39 Å². The quantitative estimate of drug-likeness (QED) is 0.731. The van der Waals surface area contributed by atoms with Crippen molar-refractivity contribution in [3.63, 3.8) is 0 Å². The molecule has 7 nitrogen and oxygen atoms in total. The Morgan fingerprint density at radius 3 is 2.52 bits per heavy atom. The minimum atomic E-state index is -1.17. The molecule has 0 saturated heterocycles. The molecule has 0 spiro atoms. The van der Waals surface area contributed by atoms with Gasteiger partial charge in [0.25, 0.3) is 5.91 Å². The lowest BCUT2D eigenvalue weighted by atomic mass is 10.0. The molecule has 25 heavy (non-hydrogen) atoms. The second kappa shape index (κ2) is 7.33. The van der Waals surface area contributed by atoms with Crippen LogP contribution in [0.5, 0.6) is 0 Å². The zero-order valence-corrected chi connectivity index (χ0v) is 14.2. The van der Waals surface area contributed by atoms with Crippen molar-refractivity contribution in [3.05, 3.63) is 35.8 Å². The fraction of sp³-hybridized carbons (Fsp3) is 0.353. The van der Waals surface area contributed by atoms with Gasteiger partial charge in [-0.1, -0.05) is 13.8 Å². The van der Waals surface area contributed by atoms with Crippen LogP contribution in [0.25, 0.3) is 10.9 Å². The Morgan fingerprint density at radius 1 is 1.24 bits per heavy atom. The van der Waals surface area contributed by atoms with E-state index in [-0.39, 0.29) is 11.6 Å². The number of carboxylic acid groups (broad SMARTS) is 1. The number of carbonyl (C=O) groups excluding carboxylic acids is 2. The highest BCUT2D eigenvalue weighted by atomic mass is 19.1. The maximum atomic E-state index is 13.3. The molecule has 0 unspecified atom stereocenters. The third-order valence-corrected chi connectivity index (χ3v) is 3.89. The average Bonchev–Trinajstić information content (AvgIpc) is 2.86. The molecular formula is C17H20FN3O4. The van der Waals surface area contributed by atoms with Gasteiger partial charge in [0, 0.05) is 18.0 Å². The SMILES string of the molecule is CC(C)[C@H](NC(=O)c1cc2cc(F)ccc2n1C)C(=O)NCC(=O)O. The van der Waals surface area contributed by atoms with Crippen LogP contribution >= 0.6 is 0 Å². The molecule has 1 aromatic heterocycles. The number of nitrogens with one attached hydrogen (secondary N) is 2. The summed E-state index contributed by atoms with van der Waals surface area (Å²) in [6.07, 6.45) is 0. The van der Waals surface area contributed by atoms with Crippen molar-refractivity contribution in [1.82, 2.24) is 15.2 Å². The maximum absolute atomic E-state index is 13.3. The Balaban J connectivity index is 2.22. The lowest BCUT2D eigenvalue weighted by molar-refractivity contribution is -0.138. The van der Waals surface area contributed by atoms with Crippen LogP contribution < -0.4 is 10.6 Å². The molecule has 1 heterocycles. The number of aryl methyl sites for hydroxylation is 1. The van der Waals surface area contributed by atoms with Gasteiger partial charge < -0.3 is 20.3 Å². The summed E-state index contributed by atoms with van der Waals surface area (Å²) in [5.74, 6) is -2.89. The van der Waals surface area contributed by atoms with Crippen molar-refractivity contribution in [2.45, 2.75) is 19.9 Å². The molecule has 0 aliphatic rings. The first-order valence-corrected chi connectivity index (χ1v) is 7.76.